The molecule has 0 bridgehead atoms. The van der Waals surface area contributed by atoms with E-state index in [0.29, 0.717) is 6.04 Å². The fourth-order valence-corrected chi connectivity index (χ4v) is 2.64. The first-order valence-electron chi connectivity index (χ1n) is 6.10. The highest BCUT2D eigenvalue weighted by Gasteiger charge is 2.26. The molecule has 1 N–H and O–H groups in total. The van der Waals surface area contributed by atoms with E-state index < -0.39 is 0 Å². The zero-order chi connectivity index (χ0) is 11.8. The minimum absolute atomic E-state index is 0.438. The van der Waals surface area contributed by atoms with Crippen LogP contribution in [0.25, 0.3) is 5.69 Å². The van der Waals surface area contributed by atoms with E-state index in [2.05, 4.69) is 46.3 Å². The van der Waals surface area contributed by atoms with E-state index in [9.17, 15) is 0 Å². The molecule has 1 aromatic carbocycles. The molecule has 1 unspecified atom stereocenters. The topological polar surface area (TPSA) is 29.9 Å². The SMILES string of the molecule is CNC1CCc2cnn(-c3cccc(C)c3)c21. The molecular formula is C14H17N3. The van der Waals surface area contributed by atoms with E-state index in [1.165, 1.54) is 23.2 Å². The number of hydrogen-bond acceptors (Lipinski definition) is 2. The van der Waals surface area contributed by atoms with Crippen molar-refractivity contribution in [3.05, 3.63) is 47.3 Å². The number of rotatable bonds is 2. The van der Waals surface area contributed by atoms with Gasteiger partial charge in [-0.2, -0.15) is 5.10 Å². The van der Waals surface area contributed by atoms with Crippen LogP contribution in [0.1, 0.15) is 29.3 Å². The van der Waals surface area contributed by atoms with Gasteiger partial charge >= 0.3 is 0 Å². The Balaban J connectivity index is 2.11. The molecule has 1 atom stereocenters. The first-order chi connectivity index (χ1) is 8.29. The van der Waals surface area contributed by atoms with Gasteiger partial charge in [-0.05, 0) is 50.1 Å². The van der Waals surface area contributed by atoms with Gasteiger partial charge in [-0.15, -0.1) is 0 Å². The minimum atomic E-state index is 0.438. The molecule has 1 heterocycles. The average Bonchev–Trinajstić information content (AvgIpc) is 2.89. The standard InChI is InChI=1S/C14H17N3/c1-10-4-3-5-12(8-10)17-14-11(9-16-17)6-7-13(14)15-2/h3-5,8-9,13,15H,6-7H2,1-2H3. The minimum Gasteiger partial charge on any atom is -0.312 e. The van der Waals surface area contributed by atoms with Gasteiger partial charge in [0.25, 0.3) is 0 Å². The molecule has 0 saturated heterocycles. The van der Waals surface area contributed by atoms with Crippen LogP contribution >= 0.6 is 0 Å². The summed E-state index contributed by atoms with van der Waals surface area (Å²) in [7, 11) is 2.02. The Morgan fingerprint density at radius 3 is 3.06 bits per heavy atom. The zero-order valence-corrected chi connectivity index (χ0v) is 10.3. The second-order valence-corrected chi connectivity index (χ2v) is 4.69. The number of nitrogens with one attached hydrogen (secondary N) is 1. The van der Waals surface area contributed by atoms with Crippen molar-refractivity contribution in [3.63, 3.8) is 0 Å². The molecule has 0 fully saturated rings. The van der Waals surface area contributed by atoms with Gasteiger partial charge in [0.2, 0.25) is 0 Å². The van der Waals surface area contributed by atoms with Crippen LogP contribution in [0.3, 0.4) is 0 Å². The second kappa shape index (κ2) is 4.00. The zero-order valence-electron chi connectivity index (χ0n) is 10.3. The summed E-state index contributed by atoms with van der Waals surface area (Å²) in [6.45, 7) is 2.11. The molecule has 17 heavy (non-hydrogen) atoms. The number of aromatic nitrogens is 2. The Hall–Kier alpha value is -1.61. The highest BCUT2D eigenvalue weighted by molar-refractivity contribution is 5.40. The van der Waals surface area contributed by atoms with Crippen LogP contribution in [0.5, 0.6) is 0 Å². The second-order valence-electron chi connectivity index (χ2n) is 4.69. The highest BCUT2D eigenvalue weighted by atomic mass is 15.3. The van der Waals surface area contributed by atoms with E-state index in [1.807, 2.05) is 13.2 Å². The van der Waals surface area contributed by atoms with Crippen molar-refractivity contribution in [3.8, 4) is 5.69 Å². The highest BCUT2D eigenvalue weighted by Crippen LogP contribution is 2.32. The predicted molar refractivity (Wildman–Crippen MR) is 68.4 cm³/mol. The molecule has 0 aliphatic heterocycles. The third-order valence-corrected chi connectivity index (χ3v) is 3.51. The van der Waals surface area contributed by atoms with Crippen LogP contribution in [0, 0.1) is 6.92 Å². The van der Waals surface area contributed by atoms with Crippen molar-refractivity contribution >= 4 is 0 Å². The molecule has 2 aromatic rings. The molecular weight excluding hydrogens is 210 g/mol. The molecule has 0 saturated carbocycles. The molecule has 88 valence electrons. The fraction of sp³-hybridized carbons (Fsp3) is 0.357. The first kappa shape index (κ1) is 10.5. The first-order valence-corrected chi connectivity index (χ1v) is 6.10. The Morgan fingerprint density at radius 2 is 2.29 bits per heavy atom. The largest absolute Gasteiger partial charge is 0.312 e. The number of aryl methyl sites for hydroxylation is 2. The maximum Gasteiger partial charge on any atom is 0.0652 e. The van der Waals surface area contributed by atoms with Gasteiger partial charge in [0.15, 0.2) is 0 Å². The van der Waals surface area contributed by atoms with Crippen LogP contribution in [0.4, 0.5) is 0 Å². The normalized spacial score (nSPS) is 18.4. The molecule has 0 amide bonds. The van der Waals surface area contributed by atoms with E-state index in [0.717, 1.165) is 12.1 Å². The summed E-state index contributed by atoms with van der Waals surface area (Å²) < 4.78 is 2.08. The Labute approximate surface area is 101 Å². The summed E-state index contributed by atoms with van der Waals surface area (Å²) in [4.78, 5) is 0. The molecule has 0 radical (unpaired) electrons. The van der Waals surface area contributed by atoms with Gasteiger partial charge in [0.05, 0.1) is 17.6 Å². The number of fused-ring (bicyclic) bond motifs is 1. The van der Waals surface area contributed by atoms with Crippen molar-refractivity contribution in [1.29, 1.82) is 0 Å². The van der Waals surface area contributed by atoms with Crippen molar-refractivity contribution in [2.24, 2.45) is 0 Å². The quantitative estimate of drug-likeness (QED) is 0.853. The maximum absolute atomic E-state index is 4.52. The molecule has 3 heteroatoms. The predicted octanol–water partition coefficient (Wildman–Crippen LogP) is 2.39. The summed E-state index contributed by atoms with van der Waals surface area (Å²) in [5.41, 5.74) is 5.14. The summed E-state index contributed by atoms with van der Waals surface area (Å²) >= 11 is 0. The van der Waals surface area contributed by atoms with Crippen LogP contribution in [0.2, 0.25) is 0 Å². The Morgan fingerprint density at radius 1 is 1.41 bits per heavy atom. The average molecular weight is 227 g/mol. The summed E-state index contributed by atoms with van der Waals surface area (Å²) in [6.07, 6.45) is 4.32. The summed E-state index contributed by atoms with van der Waals surface area (Å²) in [5.74, 6) is 0. The number of hydrogen-bond donors (Lipinski definition) is 1. The van der Waals surface area contributed by atoms with E-state index in [4.69, 9.17) is 0 Å². The monoisotopic (exact) mass is 227 g/mol. The van der Waals surface area contributed by atoms with Gasteiger partial charge in [-0.3, -0.25) is 0 Å². The lowest BCUT2D eigenvalue weighted by molar-refractivity contribution is 0.556. The van der Waals surface area contributed by atoms with Crippen LogP contribution in [-0.4, -0.2) is 16.8 Å². The van der Waals surface area contributed by atoms with Gasteiger partial charge in [-0.25, -0.2) is 4.68 Å². The number of nitrogens with zero attached hydrogens (tertiary/aromatic N) is 2. The lowest BCUT2D eigenvalue weighted by Gasteiger charge is -2.13. The smallest absolute Gasteiger partial charge is 0.0652 e. The molecule has 3 rings (SSSR count). The van der Waals surface area contributed by atoms with E-state index in [-0.39, 0.29) is 0 Å². The molecule has 1 aromatic heterocycles. The molecule has 3 nitrogen and oxygen atoms in total. The molecule has 1 aliphatic carbocycles. The lowest BCUT2D eigenvalue weighted by atomic mass is 10.2. The third kappa shape index (κ3) is 1.67. The summed E-state index contributed by atoms with van der Waals surface area (Å²) in [5, 5.41) is 7.89. The molecule has 0 spiro atoms. The molecule has 1 aliphatic rings. The summed E-state index contributed by atoms with van der Waals surface area (Å²) in [6, 6.07) is 8.93. The van der Waals surface area contributed by atoms with Gasteiger partial charge in [0.1, 0.15) is 0 Å². The van der Waals surface area contributed by atoms with Gasteiger partial charge < -0.3 is 5.32 Å². The van der Waals surface area contributed by atoms with Crippen LogP contribution < -0.4 is 5.32 Å². The third-order valence-electron chi connectivity index (χ3n) is 3.51. The van der Waals surface area contributed by atoms with Crippen molar-refractivity contribution < 1.29 is 0 Å². The van der Waals surface area contributed by atoms with Gasteiger partial charge in [0, 0.05) is 6.04 Å². The van der Waals surface area contributed by atoms with Crippen molar-refractivity contribution in [2.75, 3.05) is 7.05 Å². The Kier molecular flexibility index (Phi) is 2.48. The van der Waals surface area contributed by atoms with Crippen molar-refractivity contribution in [2.45, 2.75) is 25.8 Å². The van der Waals surface area contributed by atoms with E-state index >= 15 is 0 Å². The Bertz CT molecular complexity index is 542. The maximum atomic E-state index is 4.52. The van der Waals surface area contributed by atoms with Gasteiger partial charge in [-0.1, -0.05) is 12.1 Å². The fourth-order valence-electron chi connectivity index (χ4n) is 2.64. The number of benzene rings is 1. The van der Waals surface area contributed by atoms with Crippen molar-refractivity contribution in [1.82, 2.24) is 15.1 Å². The van der Waals surface area contributed by atoms with E-state index in [1.54, 1.807) is 0 Å². The lowest BCUT2D eigenvalue weighted by Crippen LogP contribution is -2.17. The van der Waals surface area contributed by atoms with Crippen LogP contribution in [0.15, 0.2) is 30.5 Å². The van der Waals surface area contributed by atoms with Crippen LogP contribution in [-0.2, 0) is 6.42 Å².